The van der Waals surface area contributed by atoms with Gasteiger partial charge >= 0.3 is 0 Å². The number of carbonyl (C=O) groups is 2. The number of hydrogen-bond acceptors (Lipinski definition) is 4. The highest BCUT2D eigenvalue weighted by atomic mass is 16.7. The summed E-state index contributed by atoms with van der Waals surface area (Å²) in [5.41, 5.74) is 1.00. The van der Waals surface area contributed by atoms with Gasteiger partial charge in [0.15, 0.2) is 11.5 Å². The first-order valence-electron chi connectivity index (χ1n) is 7.11. The van der Waals surface area contributed by atoms with Crippen molar-refractivity contribution >= 4 is 11.8 Å². The molecule has 6 heteroatoms. The molecule has 2 amide bonds. The van der Waals surface area contributed by atoms with Crippen molar-refractivity contribution in [2.45, 2.75) is 26.2 Å². The van der Waals surface area contributed by atoms with Crippen LogP contribution in [-0.2, 0) is 16.0 Å². The number of amides is 2. The van der Waals surface area contributed by atoms with Gasteiger partial charge in [-0.15, -0.1) is 0 Å². The topological polar surface area (TPSA) is 76.7 Å². The van der Waals surface area contributed by atoms with E-state index in [9.17, 15) is 9.59 Å². The molecule has 0 fully saturated rings. The van der Waals surface area contributed by atoms with Crippen LogP contribution in [0.4, 0.5) is 0 Å². The Labute approximate surface area is 123 Å². The molecule has 0 unspecified atom stereocenters. The van der Waals surface area contributed by atoms with E-state index in [1.54, 1.807) is 0 Å². The molecule has 1 heterocycles. The molecule has 1 aromatic carbocycles. The van der Waals surface area contributed by atoms with Crippen molar-refractivity contribution in [2.75, 3.05) is 19.9 Å². The lowest BCUT2D eigenvalue weighted by molar-refractivity contribution is -0.126. The molecule has 0 spiro atoms. The zero-order valence-electron chi connectivity index (χ0n) is 12.1. The highest BCUT2D eigenvalue weighted by Gasteiger charge is 2.13. The SMILES string of the molecule is CCCNC(=O)CNC(=O)CCc1ccc2c(c1)OCO2. The fraction of sp³-hybridized carbons (Fsp3) is 0.467. The van der Waals surface area contributed by atoms with E-state index in [0.717, 1.165) is 17.7 Å². The number of nitrogens with one attached hydrogen (secondary N) is 2. The average Bonchev–Trinajstić information content (AvgIpc) is 2.96. The highest BCUT2D eigenvalue weighted by Crippen LogP contribution is 2.32. The van der Waals surface area contributed by atoms with Gasteiger partial charge in [-0.3, -0.25) is 9.59 Å². The number of carbonyl (C=O) groups excluding carboxylic acids is 2. The molecule has 0 atom stereocenters. The zero-order chi connectivity index (χ0) is 15.1. The van der Waals surface area contributed by atoms with Gasteiger partial charge in [0.25, 0.3) is 0 Å². The number of benzene rings is 1. The van der Waals surface area contributed by atoms with Crippen LogP contribution in [0.25, 0.3) is 0 Å². The van der Waals surface area contributed by atoms with Gasteiger partial charge in [0.1, 0.15) is 0 Å². The van der Waals surface area contributed by atoms with E-state index < -0.39 is 0 Å². The fourth-order valence-corrected chi connectivity index (χ4v) is 1.95. The predicted octanol–water partition coefficient (Wildman–Crippen LogP) is 0.990. The highest BCUT2D eigenvalue weighted by molar-refractivity contribution is 5.84. The van der Waals surface area contributed by atoms with Crippen LogP contribution in [0.2, 0.25) is 0 Å². The summed E-state index contributed by atoms with van der Waals surface area (Å²) in [5, 5.41) is 5.31. The Morgan fingerprint density at radius 2 is 1.95 bits per heavy atom. The van der Waals surface area contributed by atoms with Crippen molar-refractivity contribution in [1.29, 1.82) is 0 Å². The smallest absolute Gasteiger partial charge is 0.239 e. The van der Waals surface area contributed by atoms with Gasteiger partial charge in [0.05, 0.1) is 6.54 Å². The largest absolute Gasteiger partial charge is 0.454 e. The van der Waals surface area contributed by atoms with Crippen LogP contribution in [0.15, 0.2) is 18.2 Å². The van der Waals surface area contributed by atoms with E-state index in [1.807, 2.05) is 25.1 Å². The second kappa shape index (κ2) is 7.52. The molecular weight excluding hydrogens is 272 g/mol. The van der Waals surface area contributed by atoms with Crippen LogP contribution in [0.1, 0.15) is 25.3 Å². The summed E-state index contributed by atoms with van der Waals surface area (Å²) in [7, 11) is 0. The van der Waals surface area contributed by atoms with Gasteiger partial charge in [-0.05, 0) is 30.5 Å². The number of fused-ring (bicyclic) bond motifs is 1. The molecule has 0 saturated carbocycles. The van der Waals surface area contributed by atoms with Crippen molar-refractivity contribution < 1.29 is 19.1 Å². The fourth-order valence-electron chi connectivity index (χ4n) is 1.95. The minimum Gasteiger partial charge on any atom is -0.454 e. The van der Waals surface area contributed by atoms with E-state index in [-0.39, 0.29) is 25.2 Å². The normalized spacial score (nSPS) is 12.0. The Balaban J connectivity index is 1.70. The Morgan fingerprint density at radius 3 is 2.76 bits per heavy atom. The Kier molecular flexibility index (Phi) is 5.43. The maximum absolute atomic E-state index is 11.7. The summed E-state index contributed by atoms with van der Waals surface area (Å²) in [4.78, 5) is 23.0. The molecular formula is C15H20N2O4. The van der Waals surface area contributed by atoms with Gasteiger partial charge in [-0.1, -0.05) is 13.0 Å². The van der Waals surface area contributed by atoms with Crippen LogP contribution in [0.5, 0.6) is 11.5 Å². The molecule has 0 saturated heterocycles. The van der Waals surface area contributed by atoms with E-state index in [2.05, 4.69) is 10.6 Å². The Morgan fingerprint density at radius 1 is 1.14 bits per heavy atom. The van der Waals surface area contributed by atoms with Crippen LogP contribution in [0.3, 0.4) is 0 Å². The maximum Gasteiger partial charge on any atom is 0.239 e. The zero-order valence-corrected chi connectivity index (χ0v) is 12.1. The molecule has 0 aliphatic carbocycles. The van der Waals surface area contributed by atoms with Crippen LogP contribution >= 0.6 is 0 Å². The second-order valence-electron chi connectivity index (χ2n) is 4.81. The van der Waals surface area contributed by atoms with Crippen molar-refractivity contribution in [2.24, 2.45) is 0 Å². The van der Waals surface area contributed by atoms with Crippen molar-refractivity contribution in [3.05, 3.63) is 23.8 Å². The van der Waals surface area contributed by atoms with Gasteiger partial charge in [-0.2, -0.15) is 0 Å². The summed E-state index contributed by atoms with van der Waals surface area (Å²) in [6.07, 6.45) is 1.81. The molecule has 0 aromatic heterocycles. The average molecular weight is 292 g/mol. The minimum atomic E-state index is -0.159. The van der Waals surface area contributed by atoms with Crippen LogP contribution < -0.4 is 20.1 Å². The minimum absolute atomic E-state index is 0.0278. The lowest BCUT2D eigenvalue weighted by Crippen LogP contribution is -2.37. The maximum atomic E-state index is 11.7. The van der Waals surface area contributed by atoms with Gasteiger partial charge in [-0.25, -0.2) is 0 Å². The van der Waals surface area contributed by atoms with E-state index in [1.165, 1.54) is 0 Å². The third-order valence-corrected chi connectivity index (χ3v) is 3.10. The first kappa shape index (κ1) is 15.2. The molecule has 2 rings (SSSR count). The number of hydrogen-bond donors (Lipinski definition) is 2. The molecule has 0 bridgehead atoms. The van der Waals surface area contributed by atoms with Gasteiger partial charge in [0, 0.05) is 13.0 Å². The molecule has 1 aliphatic rings. The molecule has 2 N–H and O–H groups in total. The van der Waals surface area contributed by atoms with Crippen LogP contribution in [0, 0.1) is 0 Å². The van der Waals surface area contributed by atoms with Crippen molar-refractivity contribution in [3.8, 4) is 11.5 Å². The monoisotopic (exact) mass is 292 g/mol. The third kappa shape index (κ3) is 4.66. The quantitative estimate of drug-likeness (QED) is 0.786. The van der Waals surface area contributed by atoms with Gasteiger partial charge in [0.2, 0.25) is 18.6 Å². The molecule has 21 heavy (non-hydrogen) atoms. The van der Waals surface area contributed by atoms with E-state index in [0.29, 0.717) is 25.1 Å². The van der Waals surface area contributed by atoms with E-state index in [4.69, 9.17) is 9.47 Å². The van der Waals surface area contributed by atoms with Crippen molar-refractivity contribution in [1.82, 2.24) is 10.6 Å². The summed E-state index contributed by atoms with van der Waals surface area (Å²) in [5.74, 6) is 1.15. The second-order valence-corrected chi connectivity index (χ2v) is 4.81. The van der Waals surface area contributed by atoms with Crippen LogP contribution in [-0.4, -0.2) is 31.7 Å². The Hall–Kier alpha value is -2.24. The molecule has 6 nitrogen and oxygen atoms in total. The first-order valence-corrected chi connectivity index (χ1v) is 7.11. The predicted molar refractivity (Wildman–Crippen MR) is 77.2 cm³/mol. The third-order valence-electron chi connectivity index (χ3n) is 3.10. The summed E-state index contributed by atoms with van der Waals surface area (Å²) >= 11 is 0. The summed E-state index contributed by atoms with van der Waals surface area (Å²) in [6.45, 7) is 2.88. The lowest BCUT2D eigenvalue weighted by atomic mass is 10.1. The number of ether oxygens (including phenoxy) is 2. The standard InChI is InChI=1S/C15H20N2O4/c1-2-7-16-15(19)9-17-14(18)6-4-11-3-5-12-13(8-11)21-10-20-12/h3,5,8H,2,4,6-7,9-10H2,1H3,(H,16,19)(H,17,18). The number of aryl methyl sites for hydroxylation is 1. The van der Waals surface area contributed by atoms with Crippen molar-refractivity contribution in [3.63, 3.8) is 0 Å². The summed E-state index contributed by atoms with van der Waals surface area (Å²) < 4.78 is 10.5. The lowest BCUT2D eigenvalue weighted by Gasteiger charge is -2.06. The number of rotatable bonds is 7. The Bertz CT molecular complexity index is 516. The molecule has 114 valence electrons. The first-order chi connectivity index (χ1) is 10.2. The molecule has 0 radical (unpaired) electrons. The van der Waals surface area contributed by atoms with E-state index >= 15 is 0 Å². The summed E-state index contributed by atoms with van der Waals surface area (Å²) in [6, 6.07) is 5.63. The van der Waals surface area contributed by atoms with Gasteiger partial charge < -0.3 is 20.1 Å². The molecule has 1 aromatic rings. The molecule has 1 aliphatic heterocycles.